The van der Waals surface area contributed by atoms with Crippen LogP contribution < -0.4 is 15.9 Å². The average molecular weight is 272 g/mol. The minimum Gasteiger partial charge on any atom is -0.398 e. The van der Waals surface area contributed by atoms with Crippen LogP contribution in [0.25, 0.3) is 10.9 Å². The van der Waals surface area contributed by atoms with E-state index in [1.807, 2.05) is 29.6 Å². The van der Waals surface area contributed by atoms with E-state index < -0.39 is 0 Å². The van der Waals surface area contributed by atoms with Gasteiger partial charge in [-0.05, 0) is 24.3 Å². The summed E-state index contributed by atoms with van der Waals surface area (Å²) in [5.41, 5.74) is 9.22. The number of thiazole rings is 1. The number of hydrogen-bond donors (Lipinski definition) is 3. The molecule has 6 heteroatoms. The molecule has 3 aromatic rings. The van der Waals surface area contributed by atoms with Crippen molar-refractivity contribution in [3.05, 3.63) is 51.2 Å². The monoisotopic (exact) mass is 272 g/mol. The normalized spacial score (nSPS) is 10.7. The third kappa shape index (κ3) is 2.30. The molecule has 2 aromatic heterocycles. The Morgan fingerprint density at radius 3 is 3.05 bits per heavy atom. The molecule has 0 aliphatic rings. The van der Waals surface area contributed by atoms with E-state index in [0.29, 0.717) is 12.2 Å². The van der Waals surface area contributed by atoms with Gasteiger partial charge in [0.2, 0.25) is 0 Å². The highest BCUT2D eigenvalue weighted by atomic mass is 32.1. The van der Waals surface area contributed by atoms with Crippen LogP contribution in [0.15, 0.2) is 40.6 Å². The summed E-state index contributed by atoms with van der Waals surface area (Å²) < 4.78 is 0. The Morgan fingerprint density at radius 2 is 2.26 bits per heavy atom. The summed E-state index contributed by atoms with van der Waals surface area (Å²) in [5.74, 6) is 0. The highest BCUT2D eigenvalue weighted by molar-refractivity contribution is 7.07. The summed E-state index contributed by atoms with van der Waals surface area (Å²) in [6, 6.07) is 7.55. The topological polar surface area (TPSA) is 83.8 Å². The second-order valence-corrected chi connectivity index (χ2v) is 4.97. The molecule has 0 aliphatic heterocycles. The summed E-state index contributed by atoms with van der Waals surface area (Å²) in [6.07, 6.45) is 1.74. The first-order valence-electron chi connectivity index (χ1n) is 5.78. The predicted molar refractivity (Wildman–Crippen MR) is 78.4 cm³/mol. The lowest BCUT2D eigenvalue weighted by molar-refractivity contribution is 1.06. The minimum absolute atomic E-state index is 0.0444. The van der Waals surface area contributed by atoms with Gasteiger partial charge < -0.3 is 16.0 Å². The van der Waals surface area contributed by atoms with Crippen molar-refractivity contribution < 1.29 is 0 Å². The smallest absolute Gasteiger partial charge is 0.304 e. The van der Waals surface area contributed by atoms with Crippen LogP contribution in [0.2, 0.25) is 0 Å². The molecule has 5 nitrogen and oxygen atoms in total. The van der Waals surface area contributed by atoms with Crippen molar-refractivity contribution >= 4 is 33.6 Å². The van der Waals surface area contributed by atoms with Gasteiger partial charge in [-0.25, -0.2) is 0 Å². The van der Waals surface area contributed by atoms with Crippen LogP contribution in [0, 0.1) is 0 Å². The molecule has 0 bridgehead atoms. The zero-order valence-corrected chi connectivity index (χ0v) is 10.8. The lowest BCUT2D eigenvalue weighted by atomic mass is 10.1. The van der Waals surface area contributed by atoms with Gasteiger partial charge in [0.1, 0.15) is 0 Å². The number of nitrogen functional groups attached to an aromatic ring is 1. The highest BCUT2D eigenvalue weighted by Gasteiger charge is 2.05. The average Bonchev–Trinajstić information content (AvgIpc) is 2.84. The van der Waals surface area contributed by atoms with E-state index in [-0.39, 0.29) is 4.87 Å². The number of fused-ring (bicyclic) bond motifs is 1. The maximum Gasteiger partial charge on any atom is 0.304 e. The van der Waals surface area contributed by atoms with Crippen LogP contribution in [0.5, 0.6) is 0 Å². The van der Waals surface area contributed by atoms with Crippen LogP contribution in [-0.2, 0) is 6.54 Å². The van der Waals surface area contributed by atoms with Gasteiger partial charge in [-0.3, -0.25) is 9.78 Å². The first-order valence-corrected chi connectivity index (χ1v) is 6.66. The Morgan fingerprint density at radius 1 is 1.37 bits per heavy atom. The number of rotatable bonds is 3. The maximum absolute atomic E-state index is 11.1. The van der Waals surface area contributed by atoms with Gasteiger partial charge >= 0.3 is 4.87 Å². The van der Waals surface area contributed by atoms with Gasteiger partial charge in [-0.2, -0.15) is 0 Å². The molecule has 0 unspecified atom stereocenters. The molecule has 0 amide bonds. The van der Waals surface area contributed by atoms with E-state index in [1.165, 1.54) is 0 Å². The molecule has 1 aromatic carbocycles. The third-order valence-corrected chi connectivity index (χ3v) is 3.56. The number of nitrogens with zero attached hydrogens (tertiary/aromatic N) is 1. The third-order valence-electron chi connectivity index (χ3n) is 2.84. The van der Waals surface area contributed by atoms with Gasteiger partial charge in [0, 0.05) is 28.3 Å². The van der Waals surface area contributed by atoms with Crippen molar-refractivity contribution in [3.8, 4) is 0 Å². The molecular weight excluding hydrogens is 260 g/mol. The van der Waals surface area contributed by atoms with E-state index in [4.69, 9.17) is 5.73 Å². The summed E-state index contributed by atoms with van der Waals surface area (Å²) in [4.78, 5) is 18.1. The predicted octanol–water partition coefficient (Wildman–Crippen LogP) is 2.18. The van der Waals surface area contributed by atoms with E-state index in [1.54, 1.807) is 6.20 Å². The molecule has 0 atom stereocenters. The first-order chi connectivity index (χ1) is 9.24. The van der Waals surface area contributed by atoms with Crippen molar-refractivity contribution in [3.63, 3.8) is 0 Å². The van der Waals surface area contributed by atoms with Gasteiger partial charge in [-0.15, -0.1) is 0 Å². The maximum atomic E-state index is 11.1. The van der Waals surface area contributed by atoms with Crippen molar-refractivity contribution in [2.45, 2.75) is 6.54 Å². The molecule has 19 heavy (non-hydrogen) atoms. The second kappa shape index (κ2) is 4.74. The molecule has 0 fully saturated rings. The van der Waals surface area contributed by atoms with Crippen molar-refractivity contribution in [2.75, 3.05) is 11.1 Å². The van der Waals surface area contributed by atoms with E-state index in [2.05, 4.69) is 15.3 Å². The van der Waals surface area contributed by atoms with E-state index in [9.17, 15) is 4.79 Å². The van der Waals surface area contributed by atoms with E-state index in [0.717, 1.165) is 33.6 Å². The van der Waals surface area contributed by atoms with Crippen LogP contribution in [0.4, 0.5) is 11.4 Å². The van der Waals surface area contributed by atoms with Crippen LogP contribution in [-0.4, -0.2) is 9.97 Å². The lowest BCUT2D eigenvalue weighted by Crippen LogP contribution is -2.04. The van der Waals surface area contributed by atoms with Crippen molar-refractivity contribution in [1.29, 1.82) is 0 Å². The van der Waals surface area contributed by atoms with Gasteiger partial charge in [0.25, 0.3) is 0 Å². The molecule has 0 radical (unpaired) electrons. The van der Waals surface area contributed by atoms with E-state index >= 15 is 0 Å². The number of benzene rings is 1. The zero-order valence-electron chi connectivity index (χ0n) is 10.0. The van der Waals surface area contributed by atoms with Gasteiger partial charge in [0.15, 0.2) is 0 Å². The number of nitrogens with two attached hydrogens (primary N) is 1. The van der Waals surface area contributed by atoms with Crippen LogP contribution >= 0.6 is 11.3 Å². The first kappa shape index (κ1) is 11.7. The Bertz CT molecular complexity index is 777. The SMILES string of the molecule is Nc1ccc(NCc2csc(=O)[nH]2)c2ncccc12. The van der Waals surface area contributed by atoms with Crippen LogP contribution in [0.1, 0.15) is 5.69 Å². The fraction of sp³-hybridized carbons (Fsp3) is 0.0769. The summed E-state index contributed by atoms with van der Waals surface area (Å²) >= 11 is 1.16. The summed E-state index contributed by atoms with van der Waals surface area (Å²) in [7, 11) is 0. The quantitative estimate of drug-likeness (QED) is 0.638. The molecule has 0 spiro atoms. The van der Waals surface area contributed by atoms with Crippen molar-refractivity contribution in [2.24, 2.45) is 0 Å². The lowest BCUT2D eigenvalue weighted by Gasteiger charge is -2.09. The Balaban J connectivity index is 1.93. The molecule has 4 N–H and O–H groups in total. The zero-order chi connectivity index (χ0) is 13.2. The molecular formula is C13H12N4OS. The van der Waals surface area contributed by atoms with Gasteiger partial charge in [0.05, 0.1) is 17.7 Å². The number of pyridine rings is 1. The largest absolute Gasteiger partial charge is 0.398 e. The summed E-state index contributed by atoms with van der Waals surface area (Å²) in [6.45, 7) is 0.550. The summed E-state index contributed by atoms with van der Waals surface area (Å²) in [5, 5.41) is 5.99. The molecule has 0 aliphatic carbocycles. The number of H-pyrrole nitrogens is 1. The van der Waals surface area contributed by atoms with Crippen molar-refractivity contribution in [1.82, 2.24) is 9.97 Å². The fourth-order valence-corrected chi connectivity index (χ4v) is 2.51. The Labute approximate surface area is 113 Å². The standard InChI is InChI=1S/C13H12N4OS/c14-10-3-4-11(12-9(10)2-1-5-15-12)16-6-8-7-19-13(18)17-8/h1-5,7,16H,6,14H2,(H,17,18). The number of aromatic nitrogens is 2. The number of nitrogens with one attached hydrogen (secondary N) is 2. The highest BCUT2D eigenvalue weighted by Crippen LogP contribution is 2.26. The Kier molecular flexibility index (Phi) is 2.92. The molecule has 0 saturated carbocycles. The number of anilines is 2. The number of aromatic amines is 1. The number of hydrogen-bond acceptors (Lipinski definition) is 5. The molecule has 96 valence electrons. The van der Waals surface area contributed by atoms with Crippen LogP contribution in [0.3, 0.4) is 0 Å². The second-order valence-electron chi connectivity index (χ2n) is 4.13. The van der Waals surface area contributed by atoms with Gasteiger partial charge in [-0.1, -0.05) is 11.3 Å². The molecule has 0 saturated heterocycles. The fourth-order valence-electron chi connectivity index (χ4n) is 1.93. The Hall–Kier alpha value is -2.34. The minimum atomic E-state index is -0.0444. The molecule has 3 rings (SSSR count). The molecule has 2 heterocycles.